The second-order valence-corrected chi connectivity index (χ2v) is 7.13. The van der Waals surface area contributed by atoms with Crippen LogP contribution >= 0.6 is 0 Å². The lowest BCUT2D eigenvalue weighted by Gasteiger charge is -2.26. The Kier molecular flexibility index (Phi) is 5.72. The van der Waals surface area contributed by atoms with Crippen LogP contribution in [0.5, 0.6) is 17.4 Å². The summed E-state index contributed by atoms with van der Waals surface area (Å²) in [5, 5.41) is 2.70. The fourth-order valence-electron chi connectivity index (χ4n) is 3.53. The molecule has 1 aliphatic rings. The van der Waals surface area contributed by atoms with E-state index in [9.17, 15) is 18.0 Å². The largest absolute Gasteiger partial charge is 0.464 e. The zero-order valence-corrected chi connectivity index (χ0v) is 16.4. The number of pyridine rings is 2. The van der Waals surface area contributed by atoms with Gasteiger partial charge in [-0.3, -0.25) is 9.78 Å². The summed E-state index contributed by atoms with van der Waals surface area (Å²) in [6, 6.07) is 9.21. The Labute approximate surface area is 179 Å². The number of nitrogens with two attached hydrogens (primary N) is 2. The first-order chi connectivity index (χ1) is 15.3. The molecule has 0 spiro atoms. The monoisotopic (exact) mass is 449 g/mol. The topological polar surface area (TPSA) is 135 Å². The van der Waals surface area contributed by atoms with Gasteiger partial charge in [0.1, 0.15) is 0 Å². The van der Waals surface area contributed by atoms with Crippen molar-refractivity contribution in [3.8, 4) is 28.6 Å². The maximum atomic E-state index is 13.8. The molecule has 1 amide bonds. The molecule has 3 aromatic rings. The number of carbonyl (C=O) groups is 1. The van der Waals surface area contributed by atoms with Gasteiger partial charge in [-0.1, -0.05) is 0 Å². The van der Waals surface area contributed by atoms with Crippen LogP contribution in [0.3, 0.4) is 0 Å². The molecule has 5 N–H and O–H groups in total. The van der Waals surface area contributed by atoms with Crippen LogP contribution in [0.2, 0.25) is 0 Å². The number of nitrogens with one attached hydrogen (secondary N) is 1. The number of halogens is 3. The van der Waals surface area contributed by atoms with Crippen molar-refractivity contribution in [2.24, 2.45) is 17.7 Å². The van der Waals surface area contributed by atoms with Crippen LogP contribution in [0.25, 0.3) is 22.2 Å². The number of fused-ring (bicyclic) bond motifs is 1. The first kappa shape index (κ1) is 21.6. The third-order valence-electron chi connectivity index (χ3n) is 5.06. The Bertz CT molecular complexity index is 1160. The van der Waals surface area contributed by atoms with Gasteiger partial charge in [-0.05, 0) is 36.4 Å². The zero-order chi connectivity index (χ0) is 22.9. The molecule has 2 aromatic heterocycles. The van der Waals surface area contributed by atoms with E-state index in [4.69, 9.17) is 21.4 Å². The van der Waals surface area contributed by atoms with Gasteiger partial charge in [0.25, 0.3) is 0 Å². The number of benzene rings is 1. The Morgan fingerprint density at radius 1 is 1.12 bits per heavy atom. The highest BCUT2D eigenvalue weighted by molar-refractivity contribution is 5.87. The van der Waals surface area contributed by atoms with Crippen LogP contribution in [0.15, 0.2) is 42.6 Å². The predicted octanol–water partition coefficient (Wildman–Crippen LogP) is 2.25. The lowest BCUT2D eigenvalue weighted by Crippen LogP contribution is -2.42. The molecule has 1 fully saturated rings. The van der Waals surface area contributed by atoms with Crippen molar-refractivity contribution in [2.45, 2.75) is 18.7 Å². The maximum Gasteiger partial charge on any atom is 0.425 e. The van der Waals surface area contributed by atoms with Gasteiger partial charge in [-0.25, -0.2) is 4.98 Å². The maximum absolute atomic E-state index is 13.8. The summed E-state index contributed by atoms with van der Waals surface area (Å²) in [4.78, 5) is 29.4. The van der Waals surface area contributed by atoms with Crippen molar-refractivity contribution in [1.29, 1.82) is 0 Å². The van der Waals surface area contributed by atoms with Crippen molar-refractivity contribution >= 4 is 16.8 Å². The second kappa shape index (κ2) is 8.48. The molecule has 168 valence electrons. The minimum Gasteiger partial charge on any atom is -0.464 e. The van der Waals surface area contributed by atoms with E-state index in [1.807, 2.05) is 0 Å². The van der Waals surface area contributed by atoms with E-state index in [2.05, 4.69) is 20.1 Å². The second-order valence-electron chi connectivity index (χ2n) is 7.13. The third kappa shape index (κ3) is 4.22. The number of carbonyl (C=O) groups excluding carboxylic acids is 1. The molecule has 3 heterocycles. The van der Waals surface area contributed by atoms with E-state index in [0.717, 1.165) is 0 Å². The Hall–Kier alpha value is -3.64. The van der Waals surface area contributed by atoms with Crippen molar-refractivity contribution in [3.05, 3.63) is 42.6 Å². The molecule has 0 bridgehead atoms. The molecule has 4 rings (SSSR count). The molecular weight excluding hydrogens is 431 g/mol. The summed E-state index contributed by atoms with van der Waals surface area (Å²) in [6.45, 7) is -0.142. The lowest BCUT2D eigenvalue weighted by molar-refractivity contribution is -0.208. The van der Waals surface area contributed by atoms with Gasteiger partial charge in [0.05, 0.1) is 16.6 Å². The molecule has 1 aromatic carbocycles. The molecule has 1 saturated heterocycles. The van der Waals surface area contributed by atoms with Crippen LogP contribution in [0.4, 0.5) is 13.2 Å². The SMILES string of the molecule is NOc1ccc(-c2cc3ncccc3c(O[C@H]([C@H]3CNC(=O)C3)C(F)(F)F)n2)cc1ON. The number of amides is 1. The number of hydrogen-bond donors (Lipinski definition) is 3. The average Bonchev–Trinajstić information content (AvgIpc) is 3.21. The minimum absolute atomic E-state index is 0.0964. The number of hydrogen-bond acceptors (Lipinski definition) is 8. The number of alkyl halides is 3. The Balaban J connectivity index is 1.80. The van der Waals surface area contributed by atoms with Crippen molar-refractivity contribution in [2.75, 3.05) is 6.54 Å². The summed E-state index contributed by atoms with van der Waals surface area (Å²) in [6.07, 6.45) is -5.75. The van der Waals surface area contributed by atoms with Crippen LogP contribution < -0.4 is 31.5 Å². The normalized spacial score (nSPS) is 17.2. The lowest BCUT2D eigenvalue weighted by atomic mass is 10.0. The highest BCUT2D eigenvalue weighted by Crippen LogP contribution is 2.37. The zero-order valence-electron chi connectivity index (χ0n) is 16.4. The number of ether oxygens (including phenoxy) is 1. The average molecular weight is 449 g/mol. The predicted molar refractivity (Wildman–Crippen MR) is 106 cm³/mol. The number of aromatic nitrogens is 2. The minimum atomic E-state index is -4.72. The molecule has 12 heteroatoms. The van der Waals surface area contributed by atoms with Crippen LogP contribution in [-0.2, 0) is 4.79 Å². The molecule has 1 aliphatic heterocycles. The highest BCUT2D eigenvalue weighted by atomic mass is 19.4. The van der Waals surface area contributed by atoms with Crippen LogP contribution in [0.1, 0.15) is 6.42 Å². The Morgan fingerprint density at radius 2 is 1.91 bits per heavy atom. The summed E-state index contributed by atoms with van der Waals surface area (Å²) >= 11 is 0. The quantitative estimate of drug-likeness (QED) is 0.488. The van der Waals surface area contributed by atoms with Crippen molar-refractivity contribution in [3.63, 3.8) is 0 Å². The van der Waals surface area contributed by atoms with Gasteiger partial charge in [0, 0.05) is 30.6 Å². The molecule has 32 heavy (non-hydrogen) atoms. The fraction of sp³-hybridized carbons (Fsp3) is 0.250. The molecular formula is C20H18F3N5O4. The summed E-state index contributed by atoms with van der Waals surface area (Å²) in [7, 11) is 0. The first-order valence-electron chi connectivity index (χ1n) is 9.44. The molecule has 9 nitrogen and oxygen atoms in total. The van der Waals surface area contributed by atoms with E-state index in [0.29, 0.717) is 16.5 Å². The third-order valence-corrected chi connectivity index (χ3v) is 5.06. The standard InChI is InChI=1S/C20H18F3N5O4/c21-20(22,23)18(11-7-17(29)27-9-11)30-19-12-2-1-5-26-14(12)8-13(28-19)10-3-4-15(31-24)16(6-10)32-25/h1-6,8,11,18H,7,9,24-25H2,(H,27,29)/t11-,18-/m1/s1. The van der Waals surface area contributed by atoms with Gasteiger partial charge in [0.15, 0.2) is 11.5 Å². The summed E-state index contributed by atoms with van der Waals surface area (Å²) in [5.41, 5.74) is 1.07. The van der Waals surface area contributed by atoms with E-state index in [1.165, 1.54) is 18.3 Å². The van der Waals surface area contributed by atoms with Crippen LogP contribution in [-0.4, -0.2) is 34.7 Å². The Morgan fingerprint density at radius 3 is 2.56 bits per heavy atom. The molecule has 2 atom stereocenters. The van der Waals surface area contributed by atoms with Gasteiger partial charge in [-0.15, -0.1) is 0 Å². The fourth-order valence-corrected chi connectivity index (χ4v) is 3.53. The van der Waals surface area contributed by atoms with E-state index < -0.39 is 24.1 Å². The van der Waals surface area contributed by atoms with Crippen molar-refractivity contribution in [1.82, 2.24) is 15.3 Å². The van der Waals surface area contributed by atoms with Crippen molar-refractivity contribution < 1.29 is 32.4 Å². The summed E-state index contributed by atoms with van der Waals surface area (Å²) in [5.74, 6) is 8.84. The molecule has 0 saturated carbocycles. The van der Waals surface area contributed by atoms with Gasteiger partial charge < -0.3 is 19.7 Å². The first-order valence-corrected chi connectivity index (χ1v) is 9.44. The molecule has 0 aliphatic carbocycles. The molecule has 0 radical (unpaired) electrons. The van der Waals surface area contributed by atoms with Crippen LogP contribution in [0, 0.1) is 5.92 Å². The smallest absolute Gasteiger partial charge is 0.425 e. The summed E-state index contributed by atoms with van der Waals surface area (Å²) < 4.78 is 46.9. The molecule has 0 unspecified atom stereocenters. The van der Waals surface area contributed by atoms with E-state index in [1.54, 1.807) is 24.3 Å². The number of rotatable bonds is 6. The van der Waals surface area contributed by atoms with Gasteiger partial charge >= 0.3 is 6.18 Å². The van der Waals surface area contributed by atoms with E-state index in [-0.39, 0.29) is 36.0 Å². The van der Waals surface area contributed by atoms with Gasteiger partial charge in [-0.2, -0.15) is 25.0 Å². The van der Waals surface area contributed by atoms with Gasteiger partial charge in [0.2, 0.25) is 17.9 Å². The number of nitrogens with zero attached hydrogens (tertiary/aromatic N) is 2. The van der Waals surface area contributed by atoms with E-state index >= 15 is 0 Å². The highest BCUT2D eigenvalue weighted by Gasteiger charge is 2.49.